The second kappa shape index (κ2) is 6.91. The summed E-state index contributed by atoms with van der Waals surface area (Å²) in [5.74, 6) is 5.89. The zero-order valence-corrected chi connectivity index (χ0v) is 9.55. The molecule has 0 aromatic rings. The van der Waals surface area contributed by atoms with Crippen LogP contribution in [0.25, 0.3) is 0 Å². The molecular formula is C9H14N2OS2. The molecule has 1 aliphatic heterocycles. The molecule has 14 heavy (non-hydrogen) atoms. The van der Waals surface area contributed by atoms with Gasteiger partial charge >= 0.3 is 6.03 Å². The molecule has 2 amide bonds. The number of urea groups is 1. The predicted octanol–water partition coefficient (Wildman–Crippen LogP) is 0.767. The van der Waals surface area contributed by atoms with E-state index in [0.717, 1.165) is 12.3 Å². The van der Waals surface area contributed by atoms with Gasteiger partial charge in [0.2, 0.25) is 0 Å². The van der Waals surface area contributed by atoms with Gasteiger partial charge in [0.1, 0.15) is 0 Å². The van der Waals surface area contributed by atoms with Gasteiger partial charge in [-0.15, -0.1) is 6.42 Å². The molecule has 1 rings (SSSR count). The number of hydrogen-bond acceptors (Lipinski definition) is 3. The summed E-state index contributed by atoms with van der Waals surface area (Å²) in [4.78, 5) is 11.1. The van der Waals surface area contributed by atoms with E-state index < -0.39 is 0 Å². The Bertz CT molecular complexity index is 221. The van der Waals surface area contributed by atoms with E-state index >= 15 is 0 Å². The van der Waals surface area contributed by atoms with Crippen molar-refractivity contribution >= 4 is 29.6 Å². The molecule has 1 fully saturated rings. The first-order chi connectivity index (χ1) is 6.83. The minimum absolute atomic E-state index is 0.167. The van der Waals surface area contributed by atoms with E-state index in [1.807, 2.05) is 23.5 Å². The molecule has 5 heteroatoms. The fourth-order valence-corrected chi connectivity index (χ4v) is 3.67. The topological polar surface area (TPSA) is 41.1 Å². The summed E-state index contributed by atoms with van der Waals surface area (Å²) in [6, 6.07) is -0.167. The highest BCUT2D eigenvalue weighted by atomic mass is 32.2. The third-order valence-electron chi connectivity index (χ3n) is 1.73. The first kappa shape index (κ1) is 11.6. The minimum atomic E-state index is -0.167. The second-order valence-corrected chi connectivity index (χ2v) is 5.39. The van der Waals surface area contributed by atoms with Crippen molar-refractivity contribution in [1.82, 2.24) is 10.6 Å². The van der Waals surface area contributed by atoms with Crippen LogP contribution in [-0.2, 0) is 0 Å². The molecule has 1 saturated heterocycles. The molecule has 2 N–H and O–H groups in total. The third kappa shape index (κ3) is 4.68. The Morgan fingerprint density at radius 2 is 2.36 bits per heavy atom. The van der Waals surface area contributed by atoms with Crippen LogP contribution in [0.2, 0.25) is 0 Å². The van der Waals surface area contributed by atoms with Crippen LogP contribution in [0.3, 0.4) is 0 Å². The lowest BCUT2D eigenvalue weighted by Crippen LogP contribution is -2.40. The van der Waals surface area contributed by atoms with E-state index in [1.54, 1.807) is 0 Å². The van der Waals surface area contributed by atoms with Crippen molar-refractivity contribution in [2.24, 2.45) is 0 Å². The molecule has 0 aromatic carbocycles. The molecule has 0 aliphatic carbocycles. The largest absolute Gasteiger partial charge is 0.337 e. The molecular weight excluding hydrogens is 216 g/mol. The molecule has 78 valence electrons. The molecule has 1 atom stereocenters. The van der Waals surface area contributed by atoms with Gasteiger partial charge < -0.3 is 10.6 Å². The van der Waals surface area contributed by atoms with E-state index in [4.69, 9.17) is 6.42 Å². The monoisotopic (exact) mass is 230 g/mol. The number of amides is 2. The normalized spacial score (nSPS) is 20.9. The number of hydrogen-bond donors (Lipinski definition) is 2. The zero-order valence-electron chi connectivity index (χ0n) is 7.91. The van der Waals surface area contributed by atoms with Crippen molar-refractivity contribution in [3.05, 3.63) is 0 Å². The van der Waals surface area contributed by atoms with E-state index in [1.165, 1.54) is 11.5 Å². The van der Waals surface area contributed by atoms with Gasteiger partial charge in [-0.05, 0) is 0 Å². The van der Waals surface area contributed by atoms with Crippen LogP contribution in [0.4, 0.5) is 4.79 Å². The van der Waals surface area contributed by atoms with Gasteiger partial charge in [-0.3, -0.25) is 0 Å². The maximum absolute atomic E-state index is 11.1. The standard InChI is InChI=1S/C9H14N2OS2/c1-2-3-10-9(12)11-6-8-7-13-4-5-14-8/h1,8H,3-7H2,(H2,10,11,12). The van der Waals surface area contributed by atoms with Crippen LogP contribution in [0.15, 0.2) is 0 Å². The molecule has 1 unspecified atom stereocenters. The second-order valence-electron chi connectivity index (χ2n) is 2.84. The molecule has 0 bridgehead atoms. The van der Waals surface area contributed by atoms with Crippen LogP contribution in [0.1, 0.15) is 0 Å². The average Bonchev–Trinajstić information content (AvgIpc) is 2.25. The highest BCUT2D eigenvalue weighted by Gasteiger charge is 2.14. The lowest BCUT2D eigenvalue weighted by atomic mass is 10.5. The third-order valence-corrected chi connectivity index (χ3v) is 4.57. The summed E-state index contributed by atoms with van der Waals surface area (Å²) >= 11 is 3.87. The summed E-state index contributed by atoms with van der Waals surface area (Å²) in [5, 5.41) is 5.92. The summed E-state index contributed by atoms with van der Waals surface area (Å²) in [7, 11) is 0. The first-order valence-electron chi connectivity index (χ1n) is 4.47. The Hall–Kier alpha value is -0.470. The van der Waals surface area contributed by atoms with Gasteiger partial charge in [0.15, 0.2) is 0 Å². The Labute approximate surface area is 93.2 Å². The smallest absolute Gasteiger partial charge is 0.315 e. The molecule has 3 nitrogen and oxygen atoms in total. The van der Waals surface area contributed by atoms with Crippen LogP contribution in [0, 0.1) is 12.3 Å². The van der Waals surface area contributed by atoms with Gasteiger partial charge in [0.25, 0.3) is 0 Å². The van der Waals surface area contributed by atoms with Gasteiger partial charge in [-0.2, -0.15) is 23.5 Å². The van der Waals surface area contributed by atoms with Crippen LogP contribution < -0.4 is 10.6 Å². The van der Waals surface area contributed by atoms with Gasteiger partial charge in [0.05, 0.1) is 6.54 Å². The Morgan fingerprint density at radius 1 is 1.50 bits per heavy atom. The fourth-order valence-electron chi connectivity index (χ4n) is 1.05. The summed E-state index contributed by atoms with van der Waals surface area (Å²) in [6.45, 7) is 1.02. The summed E-state index contributed by atoms with van der Waals surface area (Å²) in [5.41, 5.74) is 0. The molecule has 0 radical (unpaired) electrons. The van der Waals surface area contributed by atoms with Crippen LogP contribution >= 0.6 is 23.5 Å². The Balaban J connectivity index is 2.07. The molecule has 0 aromatic heterocycles. The van der Waals surface area contributed by atoms with Crippen molar-refractivity contribution in [2.45, 2.75) is 5.25 Å². The zero-order chi connectivity index (χ0) is 10.2. The summed E-state index contributed by atoms with van der Waals surface area (Å²) in [6.07, 6.45) is 5.02. The summed E-state index contributed by atoms with van der Waals surface area (Å²) < 4.78 is 0. The van der Waals surface area contributed by atoms with Crippen LogP contribution in [-0.4, -0.2) is 41.6 Å². The number of rotatable bonds is 3. The Kier molecular flexibility index (Phi) is 5.72. The number of carbonyl (C=O) groups is 1. The van der Waals surface area contributed by atoms with E-state index in [2.05, 4.69) is 16.6 Å². The predicted molar refractivity (Wildman–Crippen MR) is 63.8 cm³/mol. The van der Waals surface area contributed by atoms with Gasteiger partial charge in [-0.25, -0.2) is 4.79 Å². The van der Waals surface area contributed by atoms with Crippen molar-refractivity contribution < 1.29 is 4.79 Å². The minimum Gasteiger partial charge on any atom is -0.337 e. The lowest BCUT2D eigenvalue weighted by molar-refractivity contribution is 0.242. The van der Waals surface area contributed by atoms with Gasteiger partial charge in [-0.1, -0.05) is 5.92 Å². The number of nitrogens with one attached hydrogen (secondary N) is 2. The van der Waals surface area contributed by atoms with Gasteiger partial charge in [0, 0.05) is 29.1 Å². The Morgan fingerprint density at radius 3 is 3.00 bits per heavy atom. The van der Waals surface area contributed by atoms with E-state index in [-0.39, 0.29) is 6.03 Å². The van der Waals surface area contributed by atoms with Crippen molar-refractivity contribution in [2.75, 3.05) is 30.3 Å². The number of thioether (sulfide) groups is 2. The van der Waals surface area contributed by atoms with Crippen molar-refractivity contribution in [3.63, 3.8) is 0 Å². The SMILES string of the molecule is C#CCNC(=O)NCC1CSCCS1. The fraction of sp³-hybridized carbons (Fsp3) is 0.667. The molecule has 0 spiro atoms. The molecule has 1 aliphatic rings. The molecule has 1 heterocycles. The van der Waals surface area contributed by atoms with Crippen molar-refractivity contribution in [3.8, 4) is 12.3 Å². The maximum Gasteiger partial charge on any atom is 0.315 e. The first-order valence-corrected chi connectivity index (χ1v) is 6.68. The maximum atomic E-state index is 11.1. The number of terminal acetylenes is 1. The lowest BCUT2D eigenvalue weighted by Gasteiger charge is -2.20. The van der Waals surface area contributed by atoms with Crippen LogP contribution in [0.5, 0.6) is 0 Å². The highest BCUT2D eigenvalue weighted by Crippen LogP contribution is 2.23. The number of carbonyl (C=O) groups excluding carboxylic acids is 1. The average molecular weight is 230 g/mol. The highest BCUT2D eigenvalue weighted by molar-refractivity contribution is 8.06. The van der Waals surface area contributed by atoms with Crippen molar-refractivity contribution in [1.29, 1.82) is 0 Å². The van der Waals surface area contributed by atoms with E-state index in [0.29, 0.717) is 11.8 Å². The quantitative estimate of drug-likeness (QED) is 0.704. The molecule has 0 saturated carbocycles. The van der Waals surface area contributed by atoms with E-state index in [9.17, 15) is 4.79 Å².